The van der Waals surface area contributed by atoms with E-state index in [4.69, 9.17) is 0 Å². The Balaban J connectivity index is 2.07. The molecule has 0 radical (unpaired) electrons. The second kappa shape index (κ2) is 5.78. The van der Waals surface area contributed by atoms with Crippen LogP contribution in [0, 0.1) is 13.8 Å². The molecule has 0 aliphatic heterocycles. The van der Waals surface area contributed by atoms with Gasteiger partial charge in [0.15, 0.2) is 0 Å². The Bertz CT molecular complexity index is 587. The van der Waals surface area contributed by atoms with Gasteiger partial charge in [0.2, 0.25) is 0 Å². The number of Topliss-reactive ketones (excluding diaryl/α,β-unsaturated/α-hetero) is 1. The molecule has 0 bridgehead atoms. The molecule has 1 heterocycles. The van der Waals surface area contributed by atoms with E-state index in [0.29, 0.717) is 12.8 Å². The van der Waals surface area contributed by atoms with Crippen molar-refractivity contribution < 1.29 is 4.79 Å². The average Bonchev–Trinajstić information content (AvgIpc) is 2.81. The van der Waals surface area contributed by atoms with Gasteiger partial charge in [-0.25, -0.2) is 9.67 Å². The van der Waals surface area contributed by atoms with Gasteiger partial charge in [-0.05, 0) is 31.9 Å². The lowest BCUT2D eigenvalue weighted by atomic mass is 10.00. The molecular weight excluding hydrogens is 238 g/mol. The van der Waals surface area contributed by atoms with Crippen LogP contribution in [0.15, 0.2) is 24.5 Å². The Labute approximate surface area is 113 Å². The third kappa shape index (κ3) is 3.28. The summed E-state index contributed by atoms with van der Waals surface area (Å²) in [6.45, 7) is 6.82. The number of rotatable bonds is 5. The van der Waals surface area contributed by atoms with Crippen molar-refractivity contribution in [3.8, 4) is 0 Å². The van der Waals surface area contributed by atoms with Gasteiger partial charge >= 0.3 is 0 Å². The first-order valence-corrected chi connectivity index (χ1v) is 6.54. The van der Waals surface area contributed by atoms with E-state index in [1.54, 1.807) is 4.68 Å². The number of carbonyl (C=O) groups is 1. The highest BCUT2D eigenvalue weighted by Gasteiger charge is 2.11. The van der Waals surface area contributed by atoms with Crippen LogP contribution in [0.3, 0.4) is 0 Å². The Morgan fingerprint density at radius 1 is 1.26 bits per heavy atom. The largest absolute Gasteiger partial charge is 0.299 e. The van der Waals surface area contributed by atoms with E-state index in [9.17, 15) is 4.79 Å². The summed E-state index contributed by atoms with van der Waals surface area (Å²) >= 11 is 0. The van der Waals surface area contributed by atoms with Crippen LogP contribution in [0.25, 0.3) is 0 Å². The highest BCUT2D eigenvalue weighted by Crippen LogP contribution is 2.12. The summed E-state index contributed by atoms with van der Waals surface area (Å²) < 4.78 is 1.76. The first kappa shape index (κ1) is 13.5. The molecular formula is C15H19N3O. The topological polar surface area (TPSA) is 47.8 Å². The van der Waals surface area contributed by atoms with Gasteiger partial charge in [0.25, 0.3) is 0 Å². The summed E-state index contributed by atoms with van der Waals surface area (Å²) in [5.74, 6) is 0.925. The highest BCUT2D eigenvalue weighted by molar-refractivity contribution is 5.82. The molecule has 0 atom stereocenters. The van der Waals surface area contributed by atoms with Crippen LogP contribution in [0.1, 0.15) is 29.4 Å². The van der Waals surface area contributed by atoms with E-state index in [1.807, 2.05) is 20.8 Å². The summed E-state index contributed by atoms with van der Waals surface area (Å²) in [6, 6.07) is 6.21. The molecule has 0 saturated heterocycles. The molecule has 0 N–H and O–H groups in total. The molecule has 0 aliphatic carbocycles. The van der Waals surface area contributed by atoms with Crippen molar-refractivity contribution in [2.45, 2.75) is 40.2 Å². The van der Waals surface area contributed by atoms with Crippen LogP contribution in [0.4, 0.5) is 0 Å². The van der Waals surface area contributed by atoms with Gasteiger partial charge in [-0.3, -0.25) is 4.79 Å². The Morgan fingerprint density at radius 2 is 2.05 bits per heavy atom. The SMILES string of the molecule is CCn1ncnc1CC(=O)Cc1cc(C)ccc1C. The van der Waals surface area contributed by atoms with Gasteiger partial charge < -0.3 is 0 Å². The molecule has 100 valence electrons. The maximum atomic E-state index is 12.1. The average molecular weight is 257 g/mol. The number of aryl methyl sites for hydroxylation is 3. The lowest BCUT2D eigenvalue weighted by Crippen LogP contribution is -2.13. The van der Waals surface area contributed by atoms with Crippen LogP contribution in [0.2, 0.25) is 0 Å². The molecule has 0 fully saturated rings. The summed E-state index contributed by atoms with van der Waals surface area (Å²) in [5.41, 5.74) is 3.45. The molecule has 0 spiro atoms. The number of hydrogen-bond acceptors (Lipinski definition) is 3. The van der Waals surface area contributed by atoms with E-state index in [0.717, 1.165) is 23.5 Å². The summed E-state index contributed by atoms with van der Waals surface area (Å²) in [6.07, 6.45) is 2.31. The van der Waals surface area contributed by atoms with Crippen molar-refractivity contribution in [2.24, 2.45) is 0 Å². The van der Waals surface area contributed by atoms with Crippen LogP contribution >= 0.6 is 0 Å². The fourth-order valence-corrected chi connectivity index (χ4v) is 2.13. The predicted octanol–water partition coefficient (Wildman–Crippen LogP) is 2.27. The van der Waals surface area contributed by atoms with Crippen LogP contribution < -0.4 is 0 Å². The number of aromatic nitrogens is 3. The molecule has 0 unspecified atom stereocenters. The second-order valence-corrected chi connectivity index (χ2v) is 4.81. The third-order valence-corrected chi connectivity index (χ3v) is 3.24. The van der Waals surface area contributed by atoms with Crippen LogP contribution in [0.5, 0.6) is 0 Å². The van der Waals surface area contributed by atoms with Gasteiger partial charge in [-0.15, -0.1) is 0 Å². The minimum atomic E-state index is 0.177. The molecule has 0 amide bonds. The van der Waals surface area contributed by atoms with Crippen LogP contribution in [-0.4, -0.2) is 20.5 Å². The number of carbonyl (C=O) groups excluding carboxylic acids is 1. The lowest BCUT2D eigenvalue weighted by Gasteiger charge is -2.07. The maximum Gasteiger partial charge on any atom is 0.144 e. The second-order valence-electron chi connectivity index (χ2n) is 4.81. The maximum absolute atomic E-state index is 12.1. The normalized spacial score (nSPS) is 10.7. The van der Waals surface area contributed by atoms with Crippen molar-refractivity contribution in [2.75, 3.05) is 0 Å². The zero-order valence-corrected chi connectivity index (χ0v) is 11.7. The fraction of sp³-hybridized carbons (Fsp3) is 0.400. The standard InChI is InChI=1S/C15H19N3O/c1-4-18-15(16-10-17-18)9-14(19)8-13-7-11(2)5-6-12(13)3/h5-7,10H,4,8-9H2,1-3H3. The van der Waals surface area contributed by atoms with E-state index < -0.39 is 0 Å². The van der Waals surface area contributed by atoms with Crippen molar-refractivity contribution in [1.82, 2.24) is 14.8 Å². The van der Waals surface area contributed by atoms with E-state index in [1.165, 1.54) is 11.9 Å². The molecule has 1 aromatic carbocycles. The summed E-state index contributed by atoms with van der Waals surface area (Å²) in [5, 5.41) is 4.08. The van der Waals surface area contributed by atoms with Crippen molar-refractivity contribution in [3.05, 3.63) is 47.0 Å². The van der Waals surface area contributed by atoms with Gasteiger partial charge in [-0.1, -0.05) is 23.8 Å². The monoisotopic (exact) mass is 257 g/mol. The number of ketones is 1. The van der Waals surface area contributed by atoms with Gasteiger partial charge in [0.1, 0.15) is 17.9 Å². The molecule has 4 nitrogen and oxygen atoms in total. The number of benzene rings is 1. The number of hydrogen-bond donors (Lipinski definition) is 0. The van der Waals surface area contributed by atoms with E-state index in [-0.39, 0.29) is 5.78 Å². The Morgan fingerprint density at radius 3 is 2.79 bits per heavy atom. The van der Waals surface area contributed by atoms with E-state index >= 15 is 0 Å². The predicted molar refractivity (Wildman–Crippen MR) is 74.0 cm³/mol. The molecule has 0 aliphatic rings. The third-order valence-electron chi connectivity index (χ3n) is 3.24. The molecule has 2 rings (SSSR count). The van der Waals surface area contributed by atoms with E-state index in [2.05, 4.69) is 28.3 Å². The Hall–Kier alpha value is -1.97. The smallest absolute Gasteiger partial charge is 0.144 e. The molecule has 1 aromatic heterocycles. The van der Waals surface area contributed by atoms with Crippen molar-refractivity contribution >= 4 is 5.78 Å². The van der Waals surface area contributed by atoms with Gasteiger partial charge in [-0.2, -0.15) is 5.10 Å². The van der Waals surface area contributed by atoms with Crippen LogP contribution in [-0.2, 0) is 24.2 Å². The molecule has 2 aromatic rings. The first-order valence-electron chi connectivity index (χ1n) is 6.54. The molecule has 19 heavy (non-hydrogen) atoms. The zero-order valence-electron chi connectivity index (χ0n) is 11.7. The molecule has 4 heteroatoms. The molecule has 0 saturated carbocycles. The van der Waals surface area contributed by atoms with Crippen molar-refractivity contribution in [1.29, 1.82) is 0 Å². The minimum Gasteiger partial charge on any atom is -0.299 e. The first-order chi connectivity index (χ1) is 9.10. The zero-order chi connectivity index (χ0) is 13.8. The van der Waals surface area contributed by atoms with Gasteiger partial charge in [0.05, 0.1) is 6.42 Å². The summed E-state index contributed by atoms with van der Waals surface area (Å²) in [7, 11) is 0. The van der Waals surface area contributed by atoms with Gasteiger partial charge in [0, 0.05) is 13.0 Å². The quantitative estimate of drug-likeness (QED) is 0.825. The van der Waals surface area contributed by atoms with Crippen molar-refractivity contribution in [3.63, 3.8) is 0 Å². The minimum absolute atomic E-state index is 0.177. The fourth-order valence-electron chi connectivity index (χ4n) is 2.13. The number of nitrogens with zero attached hydrogens (tertiary/aromatic N) is 3. The summed E-state index contributed by atoms with van der Waals surface area (Å²) in [4.78, 5) is 16.3. The highest BCUT2D eigenvalue weighted by atomic mass is 16.1. The lowest BCUT2D eigenvalue weighted by molar-refractivity contribution is -0.117. The Kier molecular flexibility index (Phi) is 4.10.